The predicted molar refractivity (Wildman–Crippen MR) is 74.4 cm³/mol. The molecule has 0 spiro atoms. The van der Waals surface area contributed by atoms with Gasteiger partial charge in [0, 0.05) is 30.4 Å². The number of carbonyl (C=O) groups excluding carboxylic acids is 1. The van der Waals surface area contributed by atoms with Crippen molar-refractivity contribution in [1.82, 2.24) is 4.90 Å². The highest BCUT2D eigenvalue weighted by molar-refractivity contribution is 9.11. The molecule has 0 aromatic carbocycles. The third-order valence-corrected chi connectivity index (χ3v) is 4.66. The second-order valence-corrected chi connectivity index (χ2v) is 7.08. The smallest absolute Gasteiger partial charge is 0.152 e. The average molecular weight is 317 g/mol. The predicted octanol–water partition coefficient (Wildman–Crippen LogP) is 2.05. The molecule has 0 aliphatic carbocycles. The highest BCUT2D eigenvalue weighted by atomic mass is 79.9. The Morgan fingerprint density at radius 1 is 1.47 bits per heavy atom. The van der Waals surface area contributed by atoms with Crippen LogP contribution in [0.25, 0.3) is 0 Å². The van der Waals surface area contributed by atoms with Gasteiger partial charge in [-0.15, -0.1) is 11.3 Å². The Morgan fingerprint density at radius 2 is 2.18 bits per heavy atom. The van der Waals surface area contributed by atoms with Gasteiger partial charge in [0.25, 0.3) is 0 Å². The Balaban J connectivity index is 1.77. The molecule has 1 aromatic rings. The second-order valence-electron chi connectivity index (χ2n) is 4.53. The van der Waals surface area contributed by atoms with Crippen molar-refractivity contribution in [1.29, 1.82) is 0 Å². The van der Waals surface area contributed by atoms with Crippen LogP contribution >= 0.6 is 27.3 Å². The summed E-state index contributed by atoms with van der Waals surface area (Å²) in [5.74, 6) is 0.301. The van der Waals surface area contributed by atoms with Gasteiger partial charge in [-0.2, -0.15) is 0 Å². The Hall–Kier alpha value is -0.230. The number of thiophene rings is 1. The van der Waals surface area contributed by atoms with Crippen LogP contribution in [0.1, 0.15) is 17.7 Å². The standard InChI is InChI=1S/C12H17BrN2OS/c13-12-2-1-11(17-12)7-10(16)8-15-5-3-9(14)4-6-15/h1-2,9H,3-8,14H2. The normalized spacial score (nSPS) is 18.5. The zero-order valence-electron chi connectivity index (χ0n) is 9.69. The molecule has 0 atom stereocenters. The quantitative estimate of drug-likeness (QED) is 0.924. The maximum atomic E-state index is 11.9. The Labute approximate surface area is 114 Å². The minimum Gasteiger partial charge on any atom is -0.328 e. The van der Waals surface area contributed by atoms with Gasteiger partial charge in [-0.3, -0.25) is 9.69 Å². The van der Waals surface area contributed by atoms with Crippen molar-refractivity contribution in [2.24, 2.45) is 5.73 Å². The number of carbonyl (C=O) groups is 1. The van der Waals surface area contributed by atoms with E-state index in [1.807, 2.05) is 12.1 Å². The monoisotopic (exact) mass is 316 g/mol. The number of ketones is 1. The molecule has 1 fully saturated rings. The van der Waals surface area contributed by atoms with Crippen molar-refractivity contribution in [3.05, 3.63) is 20.8 Å². The van der Waals surface area contributed by atoms with Crippen molar-refractivity contribution in [3.63, 3.8) is 0 Å². The summed E-state index contributed by atoms with van der Waals surface area (Å²) in [5.41, 5.74) is 5.84. The summed E-state index contributed by atoms with van der Waals surface area (Å²) in [6.07, 6.45) is 2.58. The van der Waals surface area contributed by atoms with Gasteiger partial charge in [-0.1, -0.05) is 0 Å². The molecule has 2 N–H and O–H groups in total. The summed E-state index contributed by atoms with van der Waals surface area (Å²) in [7, 11) is 0. The van der Waals surface area contributed by atoms with Crippen LogP contribution in [0.2, 0.25) is 0 Å². The lowest BCUT2D eigenvalue weighted by molar-refractivity contribution is -0.119. The van der Waals surface area contributed by atoms with Crippen LogP contribution in [0.4, 0.5) is 0 Å². The van der Waals surface area contributed by atoms with E-state index in [0.29, 0.717) is 24.8 Å². The summed E-state index contributed by atoms with van der Waals surface area (Å²) < 4.78 is 1.09. The van der Waals surface area contributed by atoms with Crippen LogP contribution in [0, 0.1) is 0 Å². The summed E-state index contributed by atoms with van der Waals surface area (Å²) in [6, 6.07) is 4.33. The largest absolute Gasteiger partial charge is 0.328 e. The van der Waals surface area contributed by atoms with Gasteiger partial charge in [0.2, 0.25) is 0 Å². The van der Waals surface area contributed by atoms with Crippen molar-refractivity contribution in [2.45, 2.75) is 25.3 Å². The lowest BCUT2D eigenvalue weighted by atomic mass is 10.1. The Kier molecular flexibility index (Phi) is 4.73. The molecule has 0 amide bonds. The van der Waals surface area contributed by atoms with E-state index in [1.54, 1.807) is 11.3 Å². The van der Waals surface area contributed by atoms with Gasteiger partial charge in [0.05, 0.1) is 10.3 Å². The molecule has 1 saturated heterocycles. The average Bonchev–Trinajstić information content (AvgIpc) is 2.67. The van der Waals surface area contributed by atoms with Gasteiger partial charge in [0.15, 0.2) is 5.78 Å². The number of nitrogens with two attached hydrogens (primary N) is 1. The molecule has 0 radical (unpaired) electrons. The maximum absolute atomic E-state index is 11.9. The minimum atomic E-state index is 0.301. The van der Waals surface area contributed by atoms with Gasteiger partial charge >= 0.3 is 0 Å². The summed E-state index contributed by atoms with van der Waals surface area (Å²) >= 11 is 5.05. The summed E-state index contributed by atoms with van der Waals surface area (Å²) in [4.78, 5) is 15.2. The number of likely N-dealkylation sites (tertiary alicyclic amines) is 1. The molecule has 1 aliphatic heterocycles. The van der Waals surface area contributed by atoms with Crippen LogP contribution in [0.15, 0.2) is 15.9 Å². The molecule has 94 valence electrons. The third-order valence-electron chi connectivity index (χ3n) is 3.03. The van der Waals surface area contributed by atoms with E-state index >= 15 is 0 Å². The number of halogens is 1. The third kappa shape index (κ3) is 4.17. The maximum Gasteiger partial charge on any atom is 0.152 e. The molecule has 2 rings (SSSR count). The number of Topliss-reactive ketones (excluding diaryl/α,β-unsaturated/α-hetero) is 1. The van der Waals surface area contributed by atoms with Gasteiger partial charge < -0.3 is 5.73 Å². The molecule has 5 heteroatoms. The van der Waals surface area contributed by atoms with E-state index in [1.165, 1.54) is 0 Å². The second kappa shape index (κ2) is 6.09. The molecule has 0 saturated carbocycles. The Morgan fingerprint density at radius 3 is 2.76 bits per heavy atom. The lowest BCUT2D eigenvalue weighted by Crippen LogP contribution is -2.42. The molecular formula is C12H17BrN2OS. The van der Waals surface area contributed by atoms with Crippen LogP contribution in [-0.2, 0) is 11.2 Å². The number of rotatable bonds is 4. The first-order chi connectivity index (χ1) is 8.13. The van der Waals surface area contributed by atoms with E-state index in [2.05, 4.69) is 20.8 Å². The van der Waals surface area contributed by atoms with Gasteiger partial charge in [-0.05, 0) is 40.9 Å². The van der Waals surface area contributed by atoms with Crippen molar-refractivity contribution >= 4 is 33.0 Å². The number of hydrogen-bond donors (Lipinski definition) is 1. The molecule has 17 heavy (non-hydrogen) atoms. The molecule has 1 aromatic heterocycles. The van der Waals surface area contributed by atoms with Gasteiger partial charge in [-0.25, -0.2) is 0 Å². The Bertz CT molecular complexity index is 386. The molecule has 1 aliphatic rings. The van der Waals surface area contributed by atoms with E-state index in [4.69, 9.17) is 5.73 Å². The van der Waals surface area contributed by atoms with E-state index in [-0.39, 0.29) is 0 Å². The summed E-state index contributed by atoms with van der Waals surface area (Å²) in [5, 5.41) is 0. The van der Waals surface area contributed by atoms with E-state index < -0.39 is 0 Å². The van der Waals surface area contributed by atoms with E-state index in [0.717, 1.165) is 34.6 Å². The van der Waals surface area contributed by atoms with Crippen LogP contribution in [0.3, 0.4) is 0 Å². The fourth-order valence-corrected chi connectivity index (χ4v) is 3.57. The fourth-order valence-electron chi connectivity index (χ4n) is 2.06. The highest BCUT2D eigenvalue weighted by Crippen LogP contribution is 2.22. The van der Waals surface area contributed by atoms with Crippen LogP contribution in [-0.4, -0.2) is 36.4 Å². The van der Waals surface area contributed by atoms with Crippen LogP contribution in [0.5, 0.6) is 0 Å². The summed E-state index contributed by atoms with van der Waals surface area (Å²) in [6.45, 7) is 2.49. The van der Waals surface area contributed by atoms with E-state index in [9.17, 15) is 4.79 Å². The zero-order chi connectivity index (χ0) is 12.3. The number of hydrogen-bond acceptors (Lipinski definition) is 4. The molecular weight excluding hydrogens is 300 g/mol. The SMILES string of the molecule is NC1CCN(CC(=O)Cc2ccc(Br)s2)CC1. The molecule has 2 heterocycles. The molecule has 0 unspecified atom stereocenters. The first kappa shape index (κ1) is 13.2. The minimum absolute atomic E-state index is 0.301. The fraction of sp³-hybridized carbons (Fsp3) is 0.583. The first-order valence-electron chi connectivity index (χ1n) is 5.87. The number of nitrogens with zero attached hydrogens (tertiary/aromatic N) is 1. The topological polar surface area (TPSA) is 46.3 Å². The van der Waals surface area contributed by atoms with Crippen LogP contribution < -0.4 is 5.73 Å². The number of piperidine rings is 1. The molecule has 0 bridgehead atoms. The highest BCUT2D eigenvalue weighted by Gasteiger charge is 2.18. The zero-order valence-corrected chi connectivity index (χ0v) is 12.1. The van der Waals surface area contributed by atoms with Gasteiger partial charge in [0.1, 0.15) is 0 Å². The first-order valence-corrected chi connectivity index (χ1v) is 7.48. The van der Waals surface area contributed by atoms with Crippen molar-refractivity contribution in [3.8, 4) is 0 Å². The molecule has 3 nitrogen and oxygen atoms in total. The van der Waals surface area contributed by atoms with Crippen molar-refractivity contribution < 1.29 is 4.79 Å². The van der Waals surface area contributed by atoms with Crippen molar-refractivity contribution in [2.75, 3.05) is 19.6 Å². The lowest BCUT2D eigenvalue weighted by Gasteiger charge is -2.29.